The lowest BCUT2D eigenvalue weighted by atomic mass is 10.1. The summed E-state index contributed by atoms with van der Waals surface area (Å²) >= 11 is 0. The molecule has 0 aliphatic carbocycles. The lowest BCUT2D eigenvalue weighted by Crippen LogP contribution is -2.35. The Kier molecular flexibility index (Phi) is 11.5. The number of rotatable bonds is 14. The number of carboxylic acid groups (broad SMARTS) is 1. The summed E-state index contributed by atoms with van der Waals surface area (Å²) in [6, 6.07) is 6.25. The molecule has 0 aliphatic rings. The molecule has 170 valence electrons. The normalized spacial score (nSPS) is 10.4. The van der Waals surface area contributed by atoms with Crippen molar-refractivity contribution in [3.8, 4) is 0 Å². The van der Waals surface area contributed by atoms with Crippen LogP contribution in [0.25, 0.3) is 0 Å². The van der Waals surface area contributed by atoms with Crippen LogP contribution in [-0.2, 0) is 40.0 Å². The Labute approximate surface area is 179 Å². The van der Waals surface area contributed by atoms with Gasteiger partial charge in [-0.2, -0.15) is 5.90 Å². The molecule has 11 heteroatoms. The SMILES string of the molecule is C=C(COCCOC(=O)c1ccc(CN(CC(=O)O)CC(=O)ON)cc1)C(=O)OCC. The third-order valence-corrected chi connectivity index (χ3v) is 3.74. The Morgan fingerprint density at radius 3 is 2.32 bits per heavy atom. The van der Waals surface area contributed by atoms with Crippen molar-refractivity contribution >= 4 is 23.9 Å². The molecule has 0 bridgehead atoms. The van der Waals surface area contributed by atoms with Gasteiger partial charge in [0.05, 0.1) is 44.0 Å². The molecule has 31 heavy (non-hydrogen) atoms. The van der Waals surface area contributed by atoms with Gasteiger partial charge >= 0.3 is 23.9 Å². The average molecular weight is 438 g/mol. The van der Waals surface area contributed by atoms with E-state index in [0.717, 1.165) is 0 Å². The number of nitrogens with zero attached hydrogens (tertiary/aromatic N) is 1. The summed E-state index contributed by atoms with van der Waals surface area (Å²) in [6.07, 6.45) is 0. The van der Waals surface area contributed by atoms with Crippen LogP contribution >= 0.6 is 0 Å². The molecule has 3 N–H and O–H groups in total. The van der Waals surface area contributed by atoms with Crippen molar-refractivity contribution in [1.82, 2.24) is 4.90 Å². The van der Waals surface area contributed by atoms with Crippen molar-refractivity contribution < 1.29 is 43.3 Å². The van der Waals surface area contributed by atoms with Gasteiger partial charge in [-0.1, -0.05) is 18.7 Å². The van der Waals surface area contributed by atoms with Crippen molar-refractivity contribution in [3.05, 3.63) is 47.5 Å². The summed E-state index contributed by atoms with van der Waals surface area (Å²) in [4.78, 5) is 51.1. The molecule has 0 spiro atoms. The first kappa shape index (κ1) is 25.8. The summed E-state index contributed by atoms with van der Waals surface area (Å²) in [5.41, 5.74) is 1.12. The van der Waals surface area contributed by atoms with Crippen molar-refractivity contribution in [2.45, 2.75) is 13.5 Å². The Bertz CT molecular complexity index is 777. The first-order valence-corrected chi connectivity index (χ1v) is 9.29. The predicted molar refractivity (Wildman–Crippen MR) is 107 cm³/mol. The molecule has 0 unspecified atom stereocenters. The minimum Gasteiger partial charge on any atom is -0.480 e. The molecular weight excluding hydrogens is 412 g/mol. The monoisotopic (exact) mass is 438 g/mol. The van der Waals surface area contributed by atoms with E-state index in [2.05, 4.69) is 11.4 Å². The zero-order chi connectivity index (χ0) is 23.2. The van der Waals surface area contributed by atoms with Crippen molar-refractivity contribution in [1.29, 1.82) is 0 Å². The zero-order valence-corrected chi connectivity index (χ0v) is 17.2. The van der Waals surface area contributed by atoms with E-state index in [0.29, 0.717) is 5.56 Å². The summed E-state index contributed by atoms with van der Waals surface area (Å²) in [7, 11) is 0. The number of hydrogen-bond donors (Lipinski definition) is 2. The van der Waals surface area contributed by atoms with Gasteiger partial charge in [0.25, 0.3) is 0 Å². The molecule has 0 heterocycles. The highest BCUT2D eigenvalue weighted by atomic mass is 16.7. The number of carbonyl (C=O) groups is 4. The highest BCUT2D eigenvalue weighted by molar-refractivity contribution is 5.89. The number of aliphatic carboxylic acids is 1. The van der Waals surface area contributed by atoms with Gasteiger partial charge in [0.15, 0.2) is 0 Å². The van der Waals surface area contributed by atoms with Gasteiger partial charge in [0.2, 0.25) is 0 Å². The van der Waals surface area contributed by atoms with E-state index in [-0.39, 0.29) is 57.2 Å². The number of carbonyl (C=O) groups excluding carboxylic acids is 3. The Hall–Kier alpha value is -3.28. The minimum absolute atomic E-state index is 0.0235. The maximum absolute atomic E-state index is 12.1. The van der Waals surface area contributed by atoms with E-state index >= 15 is 0 Å². The van der Waals surface area contributed by atoms with Crippen molar-refractivity contribution in [3.63, 3.8) is 0 Å². The van der Waals surface area contributed by atoms with E-state index in [4.69, 9.17) is 25.2 Å². The second-order valence-corrected chi connectivity index (χ2v) is 6.24. The number of carboxylic acids is 1. The van der Waals surface area contributed by atoms with Gasteiger partial charge in [0.1, 0.15) is 6.61 Å². The number of hydrogen-bond acceptors (Lipinski definition) is 10. The van der Waals surface area contributed by atoms with Crippen LogP contribution in [0, 0.1) is 0 Å². The summed E-state index contributed by atoms with van der Waals surface area (Å²) in [6.45, 7) is 4.94. The van der Waals surface area contributed by atoms with Crippen LogP contribution in [0.15, 0.2) is 36.4 Å². The minimum atomic E-state index is -1.11. The van der Waals surface area contributed by atoms with Crippen molar-refractivity contribution in [2.24, 2.45) is 5.90 Å². The van der Waals surface area contributed by atoms with Crippen LogP contribution in [0.1, 0.15) is 22.8 Å². The lowest BCUT2D eigenvalue weighted by Gasteiger charge is -2.18. The second kappa shape index (κ2) is 13.9. The zero-order valence-electron chi connectivity index (χ0n) is 17.2. The van der Waals surface area contributed by atoms with Crippen LogP contribution in [-0.4, -0.2) is 73.4 Å². The number of ether oxygens (including phenoxy) is 3. The summed E-state index contributed by atoms with van der Waals surface area (Å²) < 4.78 is 15.1. The van der Waals surface area contributed by atoms with E-state index in [1.54, 1.807) is 19.1 Å². The second-order valence-electron chi connectivity index (χ2n) is 6.24. The van der Waals surface area contributed by atoms with E-state index < -0.39 is 23.9 Å². The first-order valence-electron chi connectivity index (χ1n) is 9.29. The molecule has 0 aromatic heterocycles. The van der Waals surface area contributed by atoms with Gasteiger partial charge in [-0.05, 0) is 24.6 Å². The average Bonchev–Trinajstić information content (AvgIpc) is 2.73. The molecular formula is C20H26N2O9. The topological polar surface area (TPSA) is 155 Å². The number of benzene rings is 1. The molecule has 1 rings (SSSR count). The van der Waals surface area contributed by atoms with Crippen LogP contribution in [0.5, 0.6) is 0 Å². The molecule has 0 atom stereocenters. The maximum atomic E-state index is 12.1. The predicted octanol–water partition coefficient (Wildman–Crippen LogP) is 0.283. The summed E-state index contributed by atoms with van der Waals surface area (Å²) in [5, 5.41) is 8.94. The fourth-order valence-corrected chi connectivity index (χ4v) is 2.35. The molecule has 0 radical (unpaired) electrons. The smallest absolute Gasteiger partial charge is 0.338 e. The molecule has 1 aromatic carbocycles. The van der Waals surface area contributed by atoms with Crippen LogP contribution < -0.4 is 5.90 Å². The Morgan fingerprint density at radius 2 is 1.74 bits per heavy atom. The molecule has 0 amide bonds. The highest BCUT2D eigenvalue weighted by Crippen LogP contribution is 2.09. The standard InChI is InChI=1S/C20H26N2O9/c1-3-29-19(26)14(2)13-28-8-9-30-20(27)16-6-4-15(5-7-16)10-22(11-17(23)24)12-18(25)31-21/h4-7H,2-3,8-13,21H2,1H3,(H,23,24). The largest absolute Gasteiger partial charge is 0.480 e. The van der Waals surface area contributed by atoms with E-state index in [1.807, 2.05) is 0 Å². The van der Waals surface area contributed by atoms with E-state index in [9.17, 15) is 19.2 Å². The quantitative estimate of drug-likeness (QED) is 0.178. The van der Waals surface area contributed by atoms with Gasteiger partial charge in [-0.15, -0.1) is 0 Å². The maximum Gasteiger partial charge on any atom is 0.338 e. The van der Waals surface area contributed by atoms with Crippen molar-refractivity contribution in [2.75, 3.05) is 39.5 Å². The molecule has 0 saturated heterocycles. The van der Waals surface area contributed by atoms with Gasteiger partial charge in [-0.3, -0.25) is 9.69 Å². The first-order chi connectivity index (χ1) is 14.8. The van der Waals surface area contributed by atoms with Crippen LogP contribution in [0.2, 0.25) is 0 Å². The highest BCUT2D eigenvalue weighted by Gasteiger charge is 2.16. The van der Waals surface area contributed by atoms with Gasteiger partial charge in [-0.25, -0.2) is 14.4 Å². The number of nitrogens with two attached hydrogens (primary N) is 1. The third-order valence-electron chi connectivity index (χ3n) is 3.74. The molecule has 1 aromatic rings. The molecule has 0 aliphatic heterocycles. The molecule has 11 nitrogen and oxygen atoms in total. The number of esters is 2. The Morgan fingerprint density at radius 1 is 1.06 bits per heavy atom. The lowest BCUT2D eigenvalue weighted by molar-refractivity contribution is -0.147. The third kappa shape index (κ3) is 10.3. The Balaban J connectivity index is 2.46. The molecule has 0 fully saturated rings. The molecule has 0 saturated carbocycles. The van der Waals surface area contributed by atoms with E-state index in [1.165, 1.54) is 17.0 Å². The van der Waals surface area contributed by atoms with Gasteiger partial charge < -0.3 is 24.2 Å². The van der Waals surface area contributed by atoms with Crippen LogP contribution in [0.4, 0.5) is 0 Å². The van der Waals surface area contributed by atoms with Crippen LogP contribution in [0.3, 0.4) is 0 Å². The fraction of sp³-hybridized carbons (Fsp3) is 0.400. The summed E-state index contributed by atoms with van der Waals surface area (Å²) in [5.74, 6) is 1.79. The van der Waals surface area contributed by atoms with Gasteiger partial charge in [0, 0.05) is 6.54 Å². The fourth-order valence-electron chi connectivity index (χ4n) is 2.35.